The molecule has 1 saturated heterocycles. The lowest BCUT2D eigenvalue weighted by Gasteiger charge is -2.48. The lowest BCUT2D eigenvalue weighted by molar-refractivity contribution is 0.0753. The summed E-state index contributed by atoms with van der Waals surface area (Å²) in [5.74, 6) is 0. The van der Waals surface area contributed by atoms with E-state index in [1.807, 2.05) is 41.3 Å². The minimum atomic E-state index is -2.45. The van der Waals surface area contributed by atoms with E-state index in [9.17, 15) is 9.47 Å². The first-order valence-electron chi connectivity index (χ1n) is 9.01. The van der Waals surface area contributed by atoms with Gasteiger partial charge in [-0.05, 0) is 19.9 Å². The number of hydrogen-bond acceptors (Lipinski definition) is 6. The van der Waals surface area contributed by atoms with Gasteiger partial charge in [0.15, 0.2) is 0 Å². The van der Waals surface area contributed by atoms with Crippen molar-refractivity contribution in [1.82, 2.24) is 29.0 Å². The van der Waals surface area contributed by atoms with Crippen LogP contribution in [0.2, 0.25) is 0 Å². The molecule has 146 valence electrons. The number of hydrogen-bond donors (Lipinski definition) is 1. The van der Waals surface area contributed by atoms with Crippen molar-refractivity contribution in [3.8, 4) is 17.3 Å². The van der Waals surface area contributed by atoms with E-state index in [4.69, 9.17) is 0 Å². The predicted molar refractivity (Wildman–Crippen MR) is 107 cm³/mol. The Morgan fingerprint density at radius 1 is 1.43 bits per heavy atom. The highest BCUT2D eigenvalue weighted by molar-refractivity contribution is 7.90. The van der Waals surface area contributed by atoms with Gasteiger partial charge in [0.1, 0.15) is 27.4 Å². The minimum absolute atomic E-state index is 0.0127. The first-order chi connectivity index (χ1) is 13.3. The standard InChI is InChI=1S/C18H22N8OS/c1-13(2)24-28(3,27)25-10-18(11-25,5-6-19)26-9-14(8-23-26)16-15-4-7-20-17(15)22-12-21-16/h4,7-9,12-13H,5,10-11H2,1-3H3,(H,20,21,22). The zero-order valence-electron chi connectivity index (χ0n) is 16.0. The van der Waals surface area contributed by atoms with Crippen LogP contribution in [0.4, 0.5) is 0 Å². The summed E-state index contributed by atoms with van der Waals surface area (Å²) in [7, 11) is -2.45. The van der Waals surface area contributed by atoms with Gasteiger partial charge in [-0.25, -0.2) is 22.8 Å². The Labute approximate surface area is 163 Å². The molecule has 28 heavy (non-hydrogen) atoms. The second-order valence-corrected chi connectivity index (χ2v) is 9.71. The predicted octanol–water partition coefficient (Wildman–Crippen LogP) is 2.17. The maximum Gasteiger partial charge on any atom is 0.141 e. The molecule has 0 saturated carbocycles. The molecule has 3 aromatic heterocycles. The van der Waals surface area contributed by atoms with Crippen LogP contribution in [0, 0.1) is 11.3 Å². The molecule has 1 unspecified atom stereocenters. The van der Waals surface area contributed by atoms with Crippen LogP contribution in [0.5, 0.6) is 0 Å². The van der Waals surface area contributed by atoms with Gasteiger partial charge in [0, 0.05) is 42.7 Å². The molecule has 0 bridgehead atoms. The molecule has 4 rings (SSSR count). The van der Waals surface area contributed by atoms with Gasteiger partial charge in [0.05, 0.1) is 30.4 Å². The van der Waals surface area contributed by atoms with Gasteiger partial charge in [-0.2, -0.15) is 10.4 Å². The summed E-state index contributed by atoms with van der Waals surface area (Å²) in [6.07, 6.45) is 8.93. The van der Waals surface area contributed by atoms with E-state index in [2.05, 4.69) is 30.5 Å². The Morgan fingerprint density at radius 2 is 2.21 bits per heavy atom. The molecule has 0 radical (unpaired) electrons. The number of nitrogens with one attached hydrogen (secondary N) is 1. The first kappa shape index (κ1) is 18.6. The average Bonchev–Trinajstić information content (AvgIpc) is 3.25. The molecule has 1 atom stereocenters. The average molecular weight is 398 g/mol. The van der Waals surface area contributed by atoms with Gasteiger partial charge in [0.25, 0.3) is 0 Å². The molecule has 4 heterocycles. The van der Waals surface area contributed by atoms with Crippen molar-refractivity contribution in [2.75, 3.05) is 19.3 Å². The number of H-pyrrole nitrogens is 1. The van der Waals surface area contributed by atoms with E-state index < -0.39 is 15.5 Å². The monoisotopic (exact) mass is 398 g/mol. The molecule has 9 nitrogen and oxygen atoms in total. The van der Waals surface area contributed by atoms with Crippen molar-refractivity contribution in [2.45, 2.75) is 31.8 Å². The molecule has 10 heteroatoms. The summed E-state index contributed by atoms with van der Waals surface area (Å²) in [5.41, 5.74) is 1.89. The zero-order chi connectivity index (χ0) is 19.9. The van der Waals surface area contributed by atoms with Crippen molar-refractivity contribution in [1.29, 1.82) is 5.26 Å². The van der Waals surface area contributed by atoms with Gasteiger partial charge in [-0.15, -0.1) is 0 Å². The van der Waals surface area contributed by atoms with Crippen LogP contribution in [0.25, 0.3) is 22.3 Å². The molecular formula is C18H22N8OS. The van der Waals surface area contributed by atoms with Crippen LogP contribution >= 0.6 is 0 Å². The van der Waals surface area contributed by atoms with E-state index in [1.54, 1.807) is 12.5 Å². The summed E-state index contributed by atoms with van der Waals surface area (Å²) in [4.78, 5) is 11.7. The molecule has 1 aliphatic heterocycles. The molecule has 1 aliphatic rings. The fourth-order valence-electron chi connectivity index (χ4n) is 3.60. The van der Waals surface area contributed by atoms with Gasteiger partial charge < -0.3 is 4.98 Å². The van der Waals surface area contributed by atoms with Crippen LogP contribution in [-0.4, -0.2) is 58.6 Å². The summed E-state index contributed by atoms with van der Waals surface area (Å²) in [6.45, 7) is 4.76. The summed E-state index contributed by atoms with van der Waals surface area (Å²) in [5, 5.41) is 14.8. The Kier molecular flexibility index (Phi) is 4.44. The van der Waals surface area contributed by atoms with Crippen molar-refractivity contribution >= 4 is 20.9 Å². The third-order valence-corrected chi connectivity index (χ3v) is 6.96. The summed E-state index contributed by atoms with van der Waals surface area (Å²) >= 11 is 0. The van der Waals surface area contributed by atoms with Crippen LogP contribution in [0.1, 0.15) is 20.3 Å². The molecule has 1 fully saturated rings. The second kappa shape index (κ2) is 6.68. The molecule has 1 N–H and O–H groups in total. The van der Waals surface area contributed by atoms with Crippen molar-refractivity contribution in [2.24, 2.45) is 4.36 Å². The van der Waals surface area contributed by atoms with Gasteiger partial charge >= 0.3 is 0 Å². The van der Waals surface area contributed by atoms with E-state index in [0.29, 0.717) is 13.1 Å². The SMILES string of the molecule is CC(C)N=S(C)(=O)N1CC(CC#N)(n2cc(-c3ncnc4[nH]ccc34)cn2)C1. The maximum absolute atomic E-state index is 12.9. The molecule has 0 aliphatic carbocycles. The number of fused-ring (bicyclic) bond motifs is 1. The van der Waals surface area contributed by atoms with Crippen LogP contribution in [-0.2, 0) is 15.5 Å². The maximum atomic E-state index is 12.9. The fourth-order valence-corrected chi connectivity index (χ4v) is 5.47. The highest BCUT2D eigenvalue weighted by atomic mass is 32.2. The van der Waals surface area contributed by atoms with E-state index in [0.717, 1.165) is 22.3 Å². The lowest BCUT2D eigenvalue weighted by atomic mass is 9.89. The molecule has 0 aromatic carbocycles. The van der Waals surface area contributed by atoms with Gasteiger partial charge in [-0.1, -0.05) is 0 Å². The quantitative estimate of drug-likeness (QED) is 0.707. The van der Waals surface area contributed by atoms with Gasteiger partial charge in [-0.3, -0.25) is 4.68 Å². The number of rotatable bonds is 5. The second-order valence-electron chi connectivity index (χ2n) is 7.45. The number of aromatic nitrogens is 5. The lowest BCUT2D eigenvalue weighted by Crippen LogP contribution is -2.63. The zero-order valence-corrected chi connectivity index (χ0v) is 16.8. The normalized spacial score (nSPS) is 18.5. The Morgan fingerprint density at radius 3 is 2.93 bits per heavy atom. The molecular weight excluding hydrogens is 376 g/mol. The summed E-state index contributed by atoms with van der Waals surface area (Å²) < 4.78 is 20.9. The van der Waals surface area contributed by atoms with Crippen molar-refractivity contribution in [3.05, 3.63) is 31.0 Å². The molecule has 0 amide bonds. The number of nitrogens with zero attached hydrogens (tertiary/aromatic N) is 7. The van der Waals surface area contributed by atoms with E-state index >= 15 is 0 Å². The Bertz CT molecular complexity index is 1170. The Balaban J connectivity index is 1.66. The third-order valence-electron chi connectivity index (χ3n) is 4.93. The third kappa shape index (κ3) is 3.06. The topological polar surface area (TPSA) is 116 Å². The fraction of sp³-hybridized carbons (Fsp3) is 0.444. The first-order valence-corrected chi connectivity index (χ1v) is 10.9. The van der Waals surface area contributed by atoms with Crippen LogP contribution < -0.4 is 0 Å². The van der Waals surface area contributed by atoms with E-state index in [1.165, 1.54) is 6.33 Å². The van der Waals surface area contributed by atoms with Crippen molar-refractivity contribution < 1.29 is 4.21 Å². The largest absolute Gasteiger partial charge is 0.346 e. The minimum Gasteiger partial charge on any atom is -0.346 e. The highest BCUT2D eigenvalue weighted by Gasteiger charge is 2.48. The van der Waals surface area contributed by atoms with Crippen molar-refractivity contribution in [3.63, 3.8) is 0 Å². The highest BCUT2D eigenvalue weighted by Crippen LogP contribution is 2.36. The molecule has 0 spiro atoms. The smallest absolute Gasteiger partial charge is 0.141 e. The summed E-state index contributed by atoms with van der Waals surface area (Å²) in [6, 6.07) is 4.17. The molecule has 3 aromatic rings. The van der Waals surface area contributed by atoms with E-state index in [-0.39, 0.29) is 12.5 Å². The van der Waals surface area contributed by atoms with Gasteiger partial charge in [0.2, 0.25) is 0 Å². The van der Waals surface area contributed by atoms with Crippen LogP contribution in [0.3, 0.4) is 0 Å². The number of nitriles is 1. The Hall–Kier alpha value is -2.77. The van der Waals surface area contributed by atoms with Crippen LogP contribution in [0.15, 0.2) is 35.3 Å². The number of aromatic amines is 1.